The largest absolute Gasteiger partial charge is 0.294 e. The molecule has 3 nitrogen and oxygen atoms in total. The van der Waals surface area contributed by atoms with E-state index >= 15 is 0 Å². The first-order chi connectivity index (χ1) is 5.79. The number of aromatic nitrogens is 2. The molecule has 12 heavy (non-hydrogen) atoms. The van der Waals surface area contributed by atoms with Gasteiger partial charge in [-0.2, -0.15) is 8.75 Å². The lowest BCUT2D eigenvalue weighted by atomic mass is 10.1. The Hall–Kier alpha value is -1.29. The van der Waals surface area contributed by atoms with Crippen molar-refractivity contribution in [2.45, 2.75) is 6.92 Å². The Morgan fingerprint density at radius 1 is 1.42 bits per heavy atom. The van der Waals surface area contributed by atoms with E-state index in [1.807, 2.05) is 12.1 Å². The van der Waals surface area contributed by atoms with Crippen LogP contribution in [-0.2, 0) is 0 Å². The van der Waals surface area contributed by atoms with Crippen LogP contribution in [0.4, 0.5) is 0 Å². The number of ketones is 1. The molecule has 0 bridgehead atoms. The fraction of sp³-hybridized carbons (Fsp3) is 0.125. The van der Waals surface area contributed by atoms with Gasteiger partial charge in [0, 0.05) is 5.56 Å². The third kappa shape index (κ3) is 1.00. The van der Waals surface area contributed by atoms with Crippen LogP contribution in [0.25, 0.3) is 11.0 Å². The lowest BCUT2D eigenvalue weighted by molar-refractivity contribution is 0.101. The average molecular weight is 178 g/mol. The number of rotatable bonds is 1. The predicted octanol–water partition coefficient (Wildman–Crippen LogP) is 1.89. The maximum atomic E-state index is 11.1. The van der Waals surface area contributed by atoms with Crippen LogP contribution in [0.15, 0.2) is 18.2 Å². The molecule has 0 aliphatic carbocycles. The van der Waals surface area contributed by atoms with Crippen LogP contribution >= 0.6 is 11.7 Å². The lowest BCUT2D eigenvalue weighted by Gasteiger charge is -1.93. The van der Waals surface area contributed by atoms with E-state index in [1.165, 1.54) is 6.92 Å². The standard InChI is InChI=1S/C8H6N2OS/c1-5(11)6-3-2-4-7-8(6)10-12-9-7/h2-4H,1H3. The zero-order valence-corrected chi connectivity index (χ0v) is 7.26. The summed E-state index contributed by atoms with van der Waals surface area (Å²) in [4.78, 5) is 11.1. The molecule has 0 saturated carbocycles. The van der Waals surface area contributed by atoms with Crippen LogP contribution in [0.2, 0.25) is 0 Å². The Bertz CT molecular complexity index is 435. The Morgan fingerprint density at radius 2 is 2.25 bits per heavy atom. The number of Topliss-reactive ketones (excluding diaryl/α,β-unsaturated/α-hetero) is 1. The maximum Gasteiger partial charge on any atom is 0.162 e. The quantitative estimate of drug-likeness (QED) is 0.626. The Balaban J connectivity index is 2.82. The number of fused-ring (bicyclic) bond motifs is 1. The fourth-order valence-corrected chi connectivity index (χ4v) is 1.64. The Kier molecular flexibility index (Phi) is 1.62. The third-order valence-corrected chi connectivity index (χ3v) is 2.21. The van der Waals surface area contributed by atoms with Crippen LogP contribution in [0.3, 0.4) is 0 Å². The van der Waals surface area contributed by atoms with Crippen molar-refractivity contribution in [3.8, 4) is 0 Å². The molecule has 0 fully saturated rings. The molecule has 1 heterocycles. The van der Waals surface area contributed by atoms with Crippen LogP contribution in [-0.4, -0.2) is 14.5 Å². The van der Waals surface area contributed by atoms with Gasteiger partial charge in [0.2, 0.25) is 0 Å². The van der Waals surface area contributed by atoms with E-state index < -0.39 is 0 Å². The molecule has 0 N–H and O–H groups in total. The van der Waals surface area contributed by atoms with Crippen LogP contribution in [0.1, 0.15) is 17.3 Å². The van der Waals surface area contributed by atoms with Crippen molar-refractivity contribution in [1.82, 2.24) is 8.75 Å². The molecule has 0 aliphatic rings. The van der Waals surface area contributed by atoms with Crippen molar-refractivity contribution in [1.29, 1.82) is 0 Å². The highest BCUT2D eigenvalue weighted by molar-refractivity contribution is 7.00. The lowest BCUT2D eigenvalue weighted by Crippen LogP contribution is -1.92. The summed E-state index contributed by atoms with van der Waals surface area (Å²) in [5.74, 6) is 0.0355. The Morgan fingerprint density at radius 3 is 3.00 bits per heavy atom. The highest BCUT2D eigenvalue weighted by Gasteiger charge is 2.07. The van der Waals surface area contributed by atoms with E-state index in [9.17, 15) is 4.79 Å². The normalized spacial score (nSPS) is 10.4. The summed E-state index contributed by atoms with van der Waals surface area (Å²) in [6.45, 7) is 1.54. The first-order valence-corrected chi connectivity index (χ1v) is 4.24. The van der Waals surface area contributed by atoms with Crippen molar-refractivity contribution in [2.24, 2.45) is 0 Å². The molecule has 0 radical (unpaired) electrons. The minimum atomic E-state index is 0.0355. The molecule has 0 aliphatic heterocycles. The van der Waals surface area contributed by atoms with E-state index in [1.54, 1.807) is 6.07 Å². The topological polar surface area (TPSA) is 42.9 Å². The molecule has 1 aromatic carbocycles. The highest BCUT2D eigenvalue weighted by Crippen LogP contribution is 2.16. The van der Waals surface area contributed by atoms with Gasteiger partial charge in [0.05, 0.1) is 11.7 Å². The molecule has 0 amide bonds. The van der Waals surface area contributed by atoms with E-state index in [4.69, 9.17) is 0 Å². The van der Waals surface area contributed by atoms with Crippen molar-refractivity contribution in [3.05, 3.63) is 23.8 Å². The minimum absolute atomic E-state index is 0.0355. The molecular formula is C8H6N2OS. The van der Waals surface area contributed by atoms with Crippen LogP contribution in [0, 0.1) is 0 Å². The summed E-state index contributed by atoms with van der Waals surface area (Å²) in [5.41, 5.74) is 2.17. The van der Waals surface area contributed by atoms with E-state index in [0.717, 1.165) is 22.8 Å². The summed E-state index contributed by atoms with van der Waals surface area (Å²) in [6.07, 6.45) is 0. The minimum Gasteiger partial charge on any atom is -0.294 e. The van der Waals surface area contributed by atoms with Crippen molar-refractivity contribution in [2.75, 3.05) is 0 Å². The first kappa shape index (κ1) is 7.36. The summed E-state index contributed by atoms with van der Waals surface area (Å²) >= 11 is 1.13. The molecule has 60 valence electrons. The second kappa shape index (κ2) is 2.64. The van der Waals surface area contributed by atoms with E-state index in [0.29, 0.717) is 5.56 Å². The second-order valence-electron chi connectivity index (χ2n) is 2.49. The molecule has 2 aromatic rings. The third-order valence-electron chi connectivity index (χ3n) is 1.67. The second-order valence-corrected chi connectivity index (χ2v) is 3.02. The number of nitrogens with zero attached hydrogens (tertiary/aromatic N) is 2. The van der Waals surface area contributed by atoms with Gasteiger partial charge in [0.15, 0.2) is 5.78 Å². The molecule has 0 unspecified atom stereocenters. The monoisotopic (exact) mass is 178 g/mol. The number of hydrogen-bond acceptors (Lipinski definition) is 4. The van der Waals surface area contributed by atoms with E-state index in [2.05, 4.69) is 8.75 Å². The maximum absolute atomic E-state index is 11.1. The molecule has 0 atom stereocenters. The van der Waals surface area contributed by atoms with Gasteiger partial charge in [-0.15, -0.1) is 0 Å². The molecule has 0 spiro atoms. The molecular weight excluding hydrogens is 172 g/mol. The van der Waals surface area contributed by atoms with Gasteiger partial charge < -0.3 is 0 Å². The van der Waals surface area contributed by atoms with Crippen LogP contribution < -0.4 is 0 Å². The smallest absolute Gasteiger partial charge is 0.162 e. The zero-order chi connectivity index (χ0) is 8.55. The summed E-state index contributed by atoms with van der Waals surface area (Å²) in [6, 6.07) is 5.44. The number of hydrogen-bond donors (Lipinski definition) is 0. The number of carbonyl (C=O) groups excluding carboxylic acids is 1. The predicted molar refractivity (Wildman–Crippen MR) is 47.4 cm³/mol. The van der Waals surface area contributed by atoms with Gasteiger partial charge in [0.1, 0.15) is 11.0 Å². The molecule has 4 heteroatoms. The highest BCUT2D eigenvalue weighted by atomic mass is 32.1. The van der Waals surface area contributed by atoms with Crippen molar-refractivity contribution >= 4 is 28.5 Å². The van der Waals surface area contributed by atoms with Crippen LogP contribution in [0.5, 0.6) is 0 Å². The van der Waals surface area contributed by atoms with E-state index in [-0.39, 0.29) is 5.78 Å². The van der Waals surface area contributed by atoms with Gasteiger partial charge in [-0.05, 0) is 19.1 Å². The molecule has 0 saturated heterocycles. The number of carbonyl (C=O) groups is 1. The molecule has 2 rings (SSSR count). The van der Waals surface area contributed by atoms with Crippen molar-refractivity contribution < 1.29 is 4.79 Å². The van der Waals surface area contributed by atoms with Gasteiger partial charge in [-0.1, -0.05) is 6.07 Å². The summed E-state index contributed by atoms with van der Waals surface area (Å²) < 4.78 is 8.09. The average Bonchev–Trinajstić information content (AvgIpc) is 2.49. The zero-order valence-electron chi connectivity index (χ0n) is 6.44. The van der Waals surface area contributed by atoms with Crippen molar-refractivity contribution in [3.63, 3.8) is 0 Å². The van der Waals surface area contributed by atoms with Gasteiger partial charge in [-0.3, -0.25) is 4.79 Å². The Labute approximate surface area is 73.4 Å². The molecule has 1 aromatic heterocycles. The van der Waals surface area contributed by atoms with Gasteiger partial charge in [-0.25, -0.2) is 0 Å². The van der Waals surface area contributed by atoms with Gasteiger partial charge >= 0.3 is 0 Å². The SMILES string of the molecule is CC(=O)c1cccc2nsnc12. The summed E-state index contributed by atoms with van der Waals surface area (Å²) in [5, 5.41) is 0. The summed E-state index contributed by atoms with van der Waals surface area (Å²) in [7, 11) is 0. The first-order valence-electron chi connectivity index (χ1n) is 3.51. The fourth-order valence-electron chi connectivity index (χ4n) is 1.09. The number of benzene rings is 1. The van der Waals surface area contributed by atoms with Gasteiger partial charge in [0.25, 0.3) is 0 Å².